The van der Waals surface area contributed by atoms with Crippen molar-refractivity contribution in [3.05, 3.63) is 83.4 Å². The van der Waals surface area contributed by atoms with Gasteiger partial charge in [0.15, 0.2) is 0 Å². The zero-order valence-corrected chi connectivity index (χ0v) is 16.2. The number of benzene rings is 3. The SMILES string of the molecule is Cc1cccc(NS(=O)(=O)c2ccc(C(=O)Nc3ccccc3O)cc2)c1C. The van der Waals surface area contributed by atoms with Gasteiger partial charge in [0, 0.05) is 5.56 Å². The summed E-state index contributed by atoms with van der Waals surface area (Å²) in [6.07, 6.45) is 0. The van der Waals surface area contributed by atoms with Crippen molar-refractivity contribution in [3.63, 3.8) is 0 Å². The fourth-order valence-corrected chi connectivity index (χ4v) is 3.75. The van der Waals surface area contributed by atoms with Gasteiger partial charge in [0.1, 0.15) is 5.75 Å². The Balaban J connectivity index is 1.78. The van der Waals surface area contributed by atoms with E-state index in [2.05, 4.69) is 10.0 Å². The number of anilines is 2. The van der Waals surface area contributed by atoms with Crippen LogP contribution in [0.15, 0.2) is 71.6 Å². The van der Waals surface area contributed by atoms with E-state index in [9.17, 15) is 18.3 Å². The summed E-state index contributed by atoms with van der Waals surface area (Å²) in [5, 5.41) is 12.3. The van der Waals surface area contributed by atoms with E-state index in [1.807, 2.05) is 19.9 Å². The molecule has 0 heterocycles. The third-order valence-electron chi connectivity index (χ3n) is 4.43. The van der Waals surface area contributed by atoms with Crippen LogP contribution in [0.1, 0.15) is 21.5 Å². The van der Waals surface area contributed by atoms with Gasteiger partial charge < -0.3 is 10.4 Å². The molecule has 28 heavy (non-hydrogen) atoms. The number of aromatic hydroxyl groups is 1. The maximum absolute atomic E-state index is 12.6. The lowest BCUT2D eigenvalue weighted by Gasteiger charge is -2.12. The highest BCUT2D eigenvalue weighted by molar-refractivity contribution is 7.92. The molecule has 0 bridgehead atoms. The number of hydrogen-bond acceptors (Lipinski definition) is 4. The van der Waals surface area contributed by atoms with Crippen molar-refractivity contribution in [1.82, 2.24) is 0 Å². The average molecular weight is 396 g/mol. The summed E-state index contributed by atoms with van der Waals surface area (Å²) in [4.78, 5) is 12.4. The maximum atomic E-state index is 12.6. The van der Waals surface area contributed by atoms with E-state index in [0.717, 1.165) is 11.1 Å². The molecule has 0 atom stereocenters. The van der Waals surface area contributed by atoms with E-state index in [1.54, 1.807) is 30.3 Å². The number of phenols is 1. The number of aryl methyl sites for hydroxylation is 1. The molecule has 0 saturated heterocycles. The monoisotopic (exact) mass is 396 g/mol. The van der Waals surface area contributed by atoms with Crippen molar-refractivity contribution < 1.29 is 18.3 Å². The molecular formula is C21H20N2O4S. The van der Waals surface area contributed by atoms with Gasteiger partial charge in [-0.25, -0.2) is 8.42 Å². The van der Waals surface area contributed by atoms with Crippen LogP contribution < -0.4 is 10.0 Å². The first kappa shape index (κ1) is 19.4. The van der Waals surface area contributed by atoms with Crippen LogP contribution in [0.25, 0.3) is 0 Å². The van der Waals surface area contributed by atoms with Gasteiger partial charge >= 0.3 is 0 Å². The molecular weight excluding hydrogens is 376 g/mol. The van der Waals surface area contributed by atoms with E-state index in [4.69, 9.17) is 0 Å². The van der Waals surface area contributed by atoms with Crippen LogP contribution >= 0.6 is 0 Å². The highest BCUT2D eigenvalue weighted by Crippen LogP contribution is 2.24. The number of phenolic OH excluding ortho intramolecular Hbond substituents is 1. The topological polar surface area (TPSA) is 95.5 Å². The molecule has 0 radical (unpaired) electrons. The normalized spacial score (nSPS) is 11.1. The lowest BCUT2D eigenvalue weighted by molar-refractivity contribution is 0.102. The van der Waals surface area contributed by atoms with Crippen LogP contribution in [0, 0.1) is 13.8 Å². The molecule has 0 saturated carbocycles. The van der Waals surface area contributed by atoms with Crippen molar-refractivity contribution in [2.75, 3.05) is 10.0 Å². The first-order valence-electron chi connectivity index (χ1n) is 8.56. The number of para-hydroxylation sites is 2. The van der Waals surface area contributed by atoms with Crippen molar-refractivity contribution in [1.29, 1.82) is 0 Å². The molecule has 0 aromatic heterocycles. The van der Waals surface area contributed by atoms with Crippen molar-refractivity contribution in [2.24, 2.45) is 0 Å². The molecule has 0 aliphatic heterocycles. The number of hydrogen-bond donors (Lipinski definition) is 3. The van der Waals surface area contributed by atoms with Crippen LogP contribution in [0.2, 0.25) is 0 Å². The van der Waals surface area contributed by atoms with E-state index in [-0.39, 0.29) is 21.9 Å². The highest BCUT2D eigenvalue weighted by Gasteiger charge is 2.17. The predicted molar refractivity (Wildman–Crippen MR) is 109 cm³/mol. The third kappa shape index (κ3) is 4.15. The van der Waals surface area contributed by atoms with Gasteiger partial charge in [-0.05, 0) is 67.4 Å². The summed E-state index contributed by atoms with van der Waals surface area (Å²) in [5.74, 6) is -0.499. The Morgan fingerprint density at radius 1 is 0.857 bits per heavy atom. The molecule has 0 spiro atoms. The molecule has 3 aromatic rings. The predicted octanol–water partition coefficient (Wildman–Crippen LogP) is 4.06. The second-order valence-electron chi connectivity index (χ2n) is 6.35. The molecule has 0 unspecified atom stereocenters. The standard InChI is InChI=1S/C21H20N2O4S/c1-14-6-5-8-18(15(14)2)23-28(26,27)17-12-10-16(11-13-17)21(25)22-19-7-3-4-9-20(19)24/h3-13,23-24H,1-2H3,(H,22,25). The smallest absolute Gasteiger partial charge is 0.261 e. The molecule has 7 heteroatoms. The molecule has 3 rings (SSSR count). The largest absolute Gasteiger partial charge is 0.506 e. The number of carbonyl (C=O) groups is 1. The summed E-state index contributed by atoms with van der Waals surface area (Å²) >= 11 is 0. The molecule has 0 aliphatic carbocycles. The first-order chi connectivity index (χ1) is 13.3. The van der Waals surface area contributed by atoms with Crippen LogP contribution in [0.4, 0.5) is 11.4 Å². The second-order valence-corrected chi connectivity index (χ2v) is 8.03. The van der Waals surface area contributed by atoms with E-state index in [0.29, 0.717) is 5.69 Å². The number of amides is 1. The average Bonchev–Trinajstić information content (AvgIpc) is 2.67. The molecule has 6 nitrogen and oxygen atoms in total. The number of carbonyl (C=O) groups excluding carboxylic acids is 1. The van der Waals surface area contributed by atoms with E-state index in [1.165, 1.54) is 30.3 Å². The fraction of sp³-hybridized carbons (Fsp3) is 0.0952. The van der Waals surface area contributed by atoms with Crippen molar-refractivity contribution >= 4 is 27.3 Å². The summed E-state index contributed by atoms with van der Waals surface area (Å²) in [6.45, 7) is 3.75. The fourth-order valence-electron chi connectivity index (χ4n) is 2.62. The van der Waals surface area contributed by atoms with Gasteiger partial charge in [0.25, 0.3) is 15.9 Å². The summed E-state index contributed by atoms with van der Waals surface area (Å²) in [5.41, 5.74) is 2.90. The van der Waals surface area contributed by atoms with E-state index >= 15 is 0 Å². The maximum Gasteiger partial charge on any atom is 0.261 e. The molecule has 0 fully saturated rings. The Bertz CT molecular complexity index is 1120. The zero-order valence-electron chi connectivity index (χ0n) is 15.4. The Kier molecular flexibility index (Phi) is 5.37. The lowest BCUT2D eigenvalue weighted by atomic mass is 10.1. The van der Waals surface area contributed by atoms with Gasteiger partial charge in [-0.3, -0.25) is 9.52 Å². The Hall–Kier alpha value is -3.32. The summed E-state index contributed by atoms with van der Waals surface area (Å²) in [6, 6.07) is 17.3. The third-order valence-corrected chi connectivity index (χ3v) is 5.81. The van der Waals surface area contributed by atoms with Gasteiger partial charge in [0.2, 0.25) is 0 Å². The minimum absolute atomic E-state index is 0.0484. The van der Waals surface area contributed by atoms with Crippen LogP contribution in [-0.2, 0) is 10.0 Å². The minimum Gasteiger partial charge on any atom is -0.506 e. The molecule has 144 valence electrons. The minimum atomic E-state index is -3.78. The summed E-state index contributed by atoms with van der Waals surface area (Å²) < 4.78 is 27.9. The Morgan fingerprint density at radius 3 is 2.18 bits per heavy atom. The van der Waals surface area contributed by atoms with E-state index < -0.39 is 15.9 Å². The quantitative estimate of drug-likeness (QED) is 0.567. The van der Waals surface area contributed by atoms with Gasteiger partial charge in [-0.1, -0.05) is 24.3 Å². The van der Waals surface area contributed by atoms with Gasteiger partial charge in [-0.15, -0.1) is 0 Å². The zero-order chi connectivity index (χ0) is 20.3. The number of nitrogens with one attached hydrogen (secondary N) is 2. The van der Waals surface area contributed by atoms with Crippen LogP contribution in [-0.4, -0.2) is 19.4 Å². The number of rotatable bonds is 5. The second kappa shape index (κ2) is 7.74. The molecule has 1 amide bonds. The first-order valence-corrected chi connectivity index (χ1v) is 10.0. The van der Waals surface area contributed by atoms with Gasteiger partial charge in [0.05, 0.1) is 16.3 Å². The molecule has 0 aliphatic rings. The van der Waals surface area contributed by atoms with Crippen LogP contribution in [0.3, 0.4) is 0 Å². The Morgan fingerprint density at radius 2 is 1.50 bits per heavy atom. The van der Waals surface area contributed by atoms with Crippen LogP contribution in [0.5, 0.6) is 5.75 Å². The highest BCUT2D eigenvalue weighted by atomic mass is 32.2. The molecule has 3 N–H and O–H groups in total. The van der Waals surface area contributed by atoms with Crippen molar-refractivity contribution in [3.8, 4) is 5.75 Å². The van der Waals surface area contributed by atoms with Gasteiger partial charge in [-0.2, -0.15) is 0 Å². The number of sulfonamides is 1. The van der Waals surface area contributed by atoms with Crippen molar-refractivity contribution in [2.45, 2.75) is 18.7 Å². The lowest BCUT2D eigenvalue weighted by Crippen LogP contribution is -2.15. The Labute approximate surface area is 163 Å². The summed E-state index contributed by atoms with van der Waals surface area (Å²) in [7, 11) is -3.78. The molecule has 3 aromatic carbocycles.